The van der Waals surface area contributed by atoms with E-state index in [1.165, 1.54) is 148 Å². The first kappa shape index (κ1) is 63.1. The van der Waals surface area contributed by atoms with Crippen LogP contribution in [0, 0.1) is 0 Å². The summed E-state index contributed by atoms with van der Waals surface area (Å²) in [7, 11) is 0. The molecule has 0 spiro atoms. The average Bonchev–Trinajstić information content (AvgIpc) is 3.32. The van der Waals surface area contributed by atoms with E-state index in [4.69, 9.17) is 14.2 Å². The maximum Gasteiger partial charge on any atom is 0.306 e. The molecule has 0 amide bonds. The molecule has 0 aromatic heterocycles. The van der Waals surface area contributed by atoms with E-state index in [0.29, 0.717) is 25.9 Å². The number of rotatable bonds is 51. The van der Waals surface area contributed by atoms with E-state index in [9.17, 15) is 9.59 Å². The molecule has 0 radical (unpaired) electrons. The molecule has 0 rings (SSSR count). The minimum absolute atomic E-state index is 0.0413. The Morgan fingerprint density at radius 1 is 0.348 bits per heavy atom. The molecule has 0 aliphatic carbocycles. The fourth-order valence-electron chi connectivity index (χ4n) is 7.77. The number of carbonyl (C=O) groups is 2. The van der Waals surface area contributed by atoms with Crippen LogP contribution in [0.1, 0.15) is 265 Å². The van der Waals surface area contributed by atoms with E-state index < -0.39 is 6.10 Å². The second-order valence-corrected chi connectivity index (χ2v) is 18.5. The molecule has 0 saturated carbocycles. The smallest absolute Gasteiger partial charge is 0.306 e. The summed E-state index contributed by atoms with van der Waals surface area (Å²) < 4.78 is 17.4. The quantitative estimate of drug-likeness (QED) is 0.0346. The van der Waals surface area contributed by atoms with Crippen molar-refractivity contribution >= 4 is 11.9 Å². The molecule has 0 fully saturated rings. The van der Waals surface area contributed by atoms with Crippen LogP contribution in [0.15, 0.2) is 85.1 Å². The maximum atomic E-state index is 12.8. The summed E-state index contributed by atoms with van der Waals surface area (Å²) in [4.78, 5) is 25.4. The van der Waals surface area contributed by atoms with Crippen molar-refractivity contribution in [2.45, 2.75) is 271 Å². The Hall–Kier alpha value is -2.92. The summed E-state index contributed by atoms with van der Waals surface area (Å²) in [5.41, 5.74) is 0. The fourth-order valence-corrected chi connectivity index (χ4v) is 7.77. The van der Waals surface area contributed by atoms with E-state index in [-0.39, 0.29) is 25.2 Å². The number of carbonyl (C=O) groups excluding carboxylic acids is 2. The highest BCUT2D eigenvalue weighted by Crippen LogP contribution is 2.15. The Labute approximate surface area is 409 Å². The van der Waals surface area contributed by atoms with Gasteiger partial charge in [-0.25, -0.2) is 0 Å². The molecule has 0 aliphatic heterocycles. The summed E-state index contributed by atoms with van der Waals surface area (Å²) >= 11 is 0. The van der Waals surface area contributed by atoms with Crippen molar-refractivity contribution in [3.63, 3.8) is 0 Å². The monoisotopic (exact) mass is 919 g/mol. The molecular weight excluding hydrogens is 813 g/mol. The minimum atomic E-state index is -0.573. The van der Waals surface area contributed by atoms with Gasteiger partial charge in [0.1, 0.15) is 6.61 Å². The number of hydrogen-bond acceptors (Lipinski definition) is 5. The van der Waals surface area contributed by atoms with Crippen molar-refractivity contribution in [1.29, 1.82) is 0 Å². The fraction of sp³-hybridized carbons (Fsp3) is 0.738. The zero-order valence-electron chi connectivity index (χ0n) is 43.7. The number of ether oxygens (including phenoxy) is 3. The van der Waals surface area contributed by atoms with Crippen LogP contribution < -0.4 is 0 Å². The lowest BCUT2D eigenvalue weighted by Crippen LogP contribution is -2.30. The number of allylic oxidation sites excluding steroid dienone is 14. The lowest BCUT2D eigenvalue weighted by molar-refractivity contribution is -0.162. The summed E-state index contributed by atoms with van der Waals surface area (Å²) in [5.74, 6) is -0.497. The molecule has 1 atom stereocenters. The van der Waals surface area contributed by atoms with Gasteiger partial charge in [0.15, 0.2) is 6.10 Å². The molecule has 0 aromatic carbocycles. The van der Waals surface area contributed by atoms with Crippen molar-refractivity contribution in [3.05, 3.63) is 85.1 Å². The van der Waals surface area contributed by atoms with Gasteiger partial charge < -0.3 is 14.2 Å². The van der Waals surface area contributed by atoms with E-state index in [2.05, 4.69) is 99.8 Å². The second kappa shape index (κ2) is 56.4. The zero-order chi connectivity index (χ0) is 47.7. The van der Waals surface area contributed by atoms with Gasteiger partial charge in [0.05, 0.1) is 6.61 Å². The van der Waals surface area contributed by atoms with Crippen LogP contribution in [0.4, 0.5) is 0 Å². The van der Waals surface area contributed by atoms with Gasteiger partial charge in [-0.15, -0.1) is 0 Å². The molecule has 0 aliphatic rings. The molecule has 66 heavy (non-hydrogen) atoms. The summed E-state index contributed by atoms with van der Waals surface area (Å²) in [5, 5.41) is 0. The second-order valence-electron chi connectivity index (χ2n) is 18.5. The number of unbranched alkanes of at least 4 members (excludes halogenated alkanes) is 26. The SMILES string of the molecule is CC/C=C\C/C=C\C/C=C\C/C=C\C/C=C\C/C=C\CCC(=O)OCC(COCCCCCCCCCCCCCCCCCC)OC(=O)CCCCCCC/C=C\CCCCCCCC. The summed E-state index contributed by atoms with van der Waals surface area (Å²) in [6, 6.07) is 0. The van der Waals surface area contributed by atoms with E-state index in [0.717, 1.165) is 77.0 Å². The van der Waals surface area contributed by atoms with Gasteiger partial charge in [0.2, 0.25) is 0 Å². The van der Waals surface area contributed by atoms with Crippen molar-refractivity contribution < 1.29 is 23.8 Å². The van der Waals surface area contributed by atoms with Gasteiger partial charge in [-0.05, 0) is 83.5 Å². The highest BCUT2D eigenvalue weighted by atomic mass is 16.6. The van der Waals surface area contributed by atoms with Gasteiger partial charge in [0.25, 0.3) is 0 Å². The Morgan fingerprint density at radius 2 is 0.712 bits per heavy atom. The van der Waals surface area contributed by atoms with Crippen LogP contribution in [0.3, 0.4) is 0 Å². The molecule has 5 nitrogen and oxygen atoms in total. The Bertz CT molecular complexity index is 1220. The lowest BCUT2D eigenvalue weighted by Gasteiger charge is -2.18. The van der Waals surface area contributed by atoms with E-state index in [1.54, 1.807) is 0 Å². The number of hydrogen-bond donors (Lipinski definition) is 0. The third-order valence-electron chi connectivity index (χ3n) is 11.9. The van der Waals surface area contributed by atoms with Gasteiger partial charge in [-0.1, -0.05) is 254 Å². The van der Waals surface area contributed by atoms with Crippen LogP contribution in [0.2, 0.25) is 0 Å². The molecule has 1 unspecified atom stereocenters. The van der Waals surface area contributed by atoms with Crippen LogP contribution >= 0.6 is 0 Å². The summed E-state index contributed by atoms with van der Waals surface area (Å²) in [6.07, 6.45) is 74.7. The lowest BCUT2D eigenvalue weighted by atomic mass is 10.0. The largest absolute Gasteiger partial charge is 0.462 e. The molecule has 0 saturated heterocycles. The molecular formula is C61H106O5. The van der Waals surface area contributed by atoms with Crippen molar-refractivity contribution in [2.24, 2.45) is 0 Å². The normalized spacial score (nSPS) is 12.8. The first-order valence-electron chi connectivity index (χ1n) is 28.1. The van der Waals surface area contributed by atoms with Crippen LogP contribution in [0.25, 0.3) is 0 Å². The van der Waals surface area contributed by atoms with Gasteiger partial charge in [-0.2, -0.15) is 0 Å². The first-order valence-corrected chi connectivity index (χ1v) is 28.1. The minimum Gasteiger partial charge on any atom is -0.462 e. The summed E-state index contributed by atoms with van der Waals surface area (Å²) in [6.45, 7) is 7.65. The predicted octanol–water partition coefficient (Wildman–Crippen LogP) is 19.2. The maximum absolute atomic E-state index is 12.8. The van der Waals surface area contributed by atoms with Crippen LogP contribution in [0.5, 0.6) is 0 Å². The topological polar surface area (TPSA) is 61.8 Å². The van der Waals surface area contributed by atoms with Crippen molar-refractivity contribution in [1.82, 2.24) is 0 Å². The Morgan fingerprint density at radius 3 is 1.15 bits per heavy atom. The molecule has 5 heteroatoms. The standard InChI is InChI=1S/C61H106O5/c1-4-7-10-13-16-19-22-25-28-30-31-32-34-36-39-42-45-48-51-54-60(62)65-58-59(57-64-56-53-50-47-44-41-38-35-29-26-23-20-17-14-11-8-5-2)66-61(63)55-52-49-46-43-40-37-33-27-24-21-18-15-12-9-6-3/h7,10,16,19,25,27-28,31-33,36,39,45,48,59H,4-6,8-9,11-15,17-18,20-24,26,29-30,34-35,37-38,40-44,46-47,49-58H2,1-3H3/b10-7-,19-16-,28-25-,32-31-,33-27-,39-36-,48-45-. The van der Waals surface area contributed by atoms with Crippen molar-refractivity contribution in [3.8, 4) is 0 Å². The first-order chi connectivity index (χ1) is 32.6. The van der Waals surface area contributed by atoms with Crippen molar-refractivity contribution in [2.75, 3.05) is 19.8 Å². The molecule has 0 aromatic rings. The van der Waals surface area contributed by atoms with Crippen LogP contribution in [-0.4, -0.2) is 37.9 Å². The predicted molar refractivity (Wildman–Crippen MR) is 288 cm³/mol. The molecule has 380 valence electrons. The van der Waals surface area contributed by atoms with Crippen LogP contribution in [-0.2, 0) is 23.8 Å². The third-order valence-corrected chi connectivity index (χ3v) is 11.9. The van der Waals surface area contributed by atoms with E-state index >= 15 is 0 Å². The molecule has 0 bridgehead atoms. The number of esters is 2. The zero-order valence-corrected chi connectivity index (χ0v) is 43.7. The molecule has 0 heterocycles. The highest BCUT2D eigenvalue weighted by Gasteiger charge is 2.17. The average molecular weight is 920 g/mol. The third kappa shape index (κ3) is 53.7. The molecule has 0 N–H and O–H groups in total. The highest BCUT2D eigenvalue weighted by molar-refractivity contribution is 5.70. The van der Waals surface area contributed by atoms with Gasteiger partial charge in [-0.3, -0.25) is 9.59 Å². The Kier molecular flexibility index (Phi) is 53.9. The van der Waals surface area contributed by atoms with Gasteiger partial charge in [0, 0.05) is 19.4 Å². The Balaban J connectivity index is 4.39. The van der Waals surface area contributed by atoms with Gasteiger partial charge >= 0.3 is 11.9 Å². The van der Waals surface area contributed by atoms with E-state index in [1.807, 2.05) is 6.08 Å².